The SMILES string of the molecule is N#C/C(C(=O)N1CCCC1)=C(/N)c1ccc(N)c(C=N)c1. The molecule has 1 aromatic rings. The molecule has 1 aromatic carbocycles. The molecule has 0 unspecified atom stereocenters. The maximum absolute atomic E-state index is 12.3. The van der Waals surface area contributed by atoms with Crippen molar-refractivity contribution in [1.82, 2.24) is 4.90 Å². The Bertz CT molecular complexity index is 651. The molecule has 6 nitrogen and oxygen atoms in total. The van der Waals surface area contributed by atoms with E-state index in [0.717, 1.165) is 19.1 Å². The molecule has 1 amide bonds. The zero-order valence-corrected chi connectivity index (χ0v) is 11.6. The molecule has 2 rings (SSSR count). The highest BCUT2D eigenvalue weighted by molar-refractivity contribution is 6.04. The van der Waals surface area contributed by atoms with E-state index < -0.39 is 0 Å². The molecule has 5 N–H and O–H groups in total. The zero-order chi connectivity index (χ0) is 15.4. The first-order valence-corrected chi connectivity index (χ1v) is 6.68. The van der Waals surface area contributed by atoms with Gasteiger partial charge in [-0.1, -0.05) is 6.07 Å². The van der Waals surface area contributed by atoms with Crippen LogP contribution in [-0.4, -0.2) is 30.1 Å². The molecule has 1 saturated heterocycles. The van der Waals surface area contributed by atoms with Crippen LogP contribution in [0.4, 0.5) is 5.69 Å². The third kappa shape index (κ3) is 2.87. The van der Waals surface area contributed by atoms with E-state index in [1.807, 2.05) is 6.07 Å². The number of rotatable bonds is 3. The largest absolute Gasteiger partial charge is 0.398 e. The lowest BCUT2D eigenvalue weighted by molar-refractivity contribution is -0.125. The predicted octanol–water partition coefficient (Wildman–Crippen LogP) is 1.08. The Hall–Kier alpha value is -2.81. The highest BCUT2D eigenvalue weighted by Gasteiger charge is 2.24. The number of nitrogens with one attached hydrogen (secondary N) is 1. The van der Waals surface area contributed by atoms with E-state index in [9.17, 15) is 10.1 Å². The monoisotopic (exact) mass is 283 g/mol. The second-order valence-corrected chi connectivity index (χ2v) is 4.89. The van der Waals surface area contributed by atoms with Gasteiger partial charge < -0.3 is 21.8 Å². The Morgan fingerprint density at radius 3 is 2.62 bits per heavy atom. The number of carbonyl (C=O) groups is 1. The van der Waals surface area contributed by atoms with Gasteiger partial charge in [0.1, 0.15) is 11.6 Å². The molecule has 1 fully saturated rings. The highest BCUT2D eigenvalue weighted by Crippen LogP contribution is 2.21. The van der Waals surface area contributed by atoms with Crippen LogP contribution in [0.25, 0.3) is 5.70 Å². The molecule has 6 heteroatoms. The summed E-state index contributed by atoms with van der Waals surface area (Å²) in [5.41, 5.74) is 13.2. The Labute approximate surface area is 123 Å². The summed E-state index contributed by atoms with van der Waals surface area (Å²) >= 11 is 0. The van der Waals surface area contributed by atoms with Gasteiger partial charge in [-0.3, -0.25) is 4.79 Å². The van der Waals surface area contributed by atoms with Gasteiger partial charge in [-0.15, -0.1) is 0 Å². The first-order valence-electron chi connectivity index (χ1n) is 6.68. The molecular formula is C15H17N5O. The average molecular weight is 283 g/mol. The van der Waals surface area contributed by atoms with Gasteiger partial charge in [0.2, 0.25) is 0 Å². The number of benzene rings is 1. The van der Waals surface area contributed by atoms with Crippen LogP contribution in [0.3, 0.4) is 0 Å². The van der Waals surface area contributed by atoms with Gasteiger partial charge in [-0.2, -0.15) is 5.26 Å². The number of hydrogen-bond donors (Lipinski definition) is 3. The molecule has 0 radical (unpaired) electrons. The van der Waals surface area contributed by atoms with Crippen molar-refractivity contribution in [2.45, 2.75) is 12.8 Å². The lowest BCUT2D eigenvalue weighted by atomic mass is 10.0. The molecule has 1 heterocycles. The third-order valence-electron chi connectivity index (χ3n) is 3.54. The number of amides is 1. The fourth-order valence-corrected chi connectivity index (χ4v) is 2.31. The van der Waals surface area contributed by atoms with E-state index in [1.165, 1.54) is 0 Å². The molecule has 1 aliphatic rings. The van der Waals surface area contributed by atoms with Crippen LogP contribution in [0.1, 0.15) is 24.0 Å². The summed E-state index contributed by atoms with van der Waals surface area (Å²) in [4.78, 5) is 13.9. The van der Waals surface area contributed by atoms with E-state index in [2.05, 4.69) is 0 Å². The van der Waals surface area contributed by atoms with Crippen molar-refractivity contribution in [3.63, 3.8) is 0 Å². The molecule has 0 spiro atoms. The van der Waals surface area contributed by atoms with Gasteiger partial charge in [0.15, 0.2) is 0 Å². The van der Waals surface area contributed by atoms with Crippen LogP contribution in [0.2, 0.25) is 0 Å². The van der Waals surface area contributed by atoms with Crippen LogP contribution in [0.15, 0.2) is 23.8 Å². The van der Waals surface area contributed by atoms with E-state index in [0.29, 0.717) is 29.9 Å². The minimum Gasteiger partial charge on any atom is -0.398 e. The van der Waals surface area contributed by atoms with E-state index in [1.54, 1.807) is 23.1 Å². The predicted molar refractivity (Wildman–Crippen MR) is 81.3 cm³/mol. The molecule has 0 saturated carbocycles. The molecular weight excluding hydrogens is 266 g/mol. The minimum atomic E-state index is -0.333. The lowest BCUT2D eigenvalue weighted by Gasteiger charge is -2.16. The van der Waals surface area contributed by atoms with Crippen molar-refractivity contribution < 1.29 is 4.79 Å². The van der Waals surface area contributed by atoms with Gasteiger partial charge in [-0.25, -0.2) is 0 Å². The number of hydrogen-bond acceptors (Lipinski definition) is 5. The van der Waals surface area contributed by atoms with Crippen LogP contribution < -0.4 is 11.5 Å². The van der Waals surface area contributed by atoms with Crippen LogP contribution >= 0.6 is 0 Å². The van der Waals surface area contributed by atoms with Crippen molar-refractivity contribution in [3.8, 4) is 6.07 Å². The first-order chi connectivity index (χ1) is 10.1. The molecule has 0 bridgehead atoms. The number of carbonyl (C=O) groups excluding carboxylic acids is 1. The summed E-state index contributed by atoms with van der Waals surface area (Å²) in [6.45, 7) is 1.32. The number of nitrogens with two attached hydrogens (primary N) is 2. The number of nitriles is 1. The van der Waals surface area contributed by atoms with Gasteiger partial charge >= 0.3 is 0 Å². The summed E-state index contributed by atoms with van der Waals surface area (Å²) in [5, 5.41) is 16.6. The molecule has 1 aliphatic heterocycles. The summed E-state index contributed by atoms with van der Waals surface area (Å²) in [7, 11) is 0. The van der Waals surface area contributed by atoms with Gasteiger partial charge in [-0.05, 0) is 30.5 Å². The molecule has 21 heavy (non-hydrogen) atoms. The molecule has 108 valence electrons. The topological polar surface area (TPSA) is 120 Å². The minimum absolute atomic E-state index is 0.0578. The summed E-state index contributed by atoms with van der Waals surface area (Å²) in [6.07, 6.45) is 3.01. The number of anilines is 1. The summed E-state index contributed by atoms with van der Waals surface area (Å²) < 4.78 is 0. The highest BCUT2D eigenvalue weighted by atomic mass is 16.2. The number of nitrogen functional groups attached to an aromatic ring is 1. The Morgan fingerprint density at radius 2 is 2.05 bits per heavy atom. The van der Waals surface area contributed by atoms with Crippen LogP contribution in [0, 0.1) is 16.7 Å². The second-order valence-electron chi connectivity index (χ2n) is 4.89. The summed E-state index contributed by atoms with van der Waals surface area (Å²) in [6, 6.07) is 6.76. The maximum atomic E-state index is 12.3. The molecule has 0 atom stereocenters. The quantitative estimate of drug-likeness (QED) is 0.332. The van der Waals surface area contributed by atoms with Crippen LogP contribution in [-0.2, 0) is 4.79 Å². The van der Waals surface area contributed by atoms with E-state index in [4.69, 9.17) is 16.9 Å². The van der Waals surface area contributed by atoms with Crippen molar-refractivity contribution in [1.29, 1.82) is 10.7 Å². The standard InChI is InChI=1S/C15H17N5O/c16-8-11-7-10(3-4-13(11)18)14(19)12(9-17)15(21)20-5-1-2-6-20/h3-4,7-8,16H,1-2,5-6,18-19H2/b14-12-,16-8?. The Morgan fingerprint density at radius 1 is 1.38 bits per heavy atom. The lowest BCUT2D eigenvalue weighted by Crippen LogP contribution is -2.30. The van der Waals surface area contributed by atoms with Crippen LogP contribution in [0.5, 0.6) is 0 Å². The second kappa shape index (κ2) is 6.09. The Kier molecular flexibility index (Phi) is 4.24. The number of nitrogens with zero attached hydrogens (tertiary/aromatic N) is 2. The van der Waals surface area contributed by atoms with Gasteiger partial charge in [0, 0.05) is 30.6 Å². The van der Waals surface area contributed by atoms with E-state index >= 15 is 0 Å². The van der Waals surface area contributed by atoms with Crippen molar-refractivity contribution >= 4 is 23.5 Å². The van der Waals surface area contributed by atoms with Gasteiger partial charge in [0.25, 0.3) is 5.91 Å². The fraction of sp³-hybridized carbons (Fsp3) is 0.267. The smallest absolute Gasteiger partial charge is 0.266 e. The van der Waals surface area contributed by atoms with Crippen molar-refractivity contribution in [2.24, 2.45) is 5.73 Å². The molecule has 0 aliphatic carbocycles. The van der Waals surface area contributed by atoms with Gasteiger partial charge in [0.05, 0.1) is 5.70 Å². The summed E-state index contributed by atoms with van der Waals surface area (Å²) in [5.74, 6) is -0.333. The van der Waals surface area contributed by atoms with Crippen molar-refractivity contribution in [2.75, 3.05) is 18.8 Å². The first kappa shape index (κ1) is 14.6. The normalized spacial score (nSPS) is 15.3. The van der Waals surface area contributed by atoms with E-state index in [-0.39, 0.29) is 17.2 Å². The Balaban J connectivity index is 2.41. The third-order valence-corrected chi connectivity index (χ3v) is 3.54. The molecule has 0 aromatic heterocycles. The van der Waals surface area contributed by atoms with Crippen molar-refractivity contribution in [3.05, 3.63) is 34.9 Å². The average Bonchev–Trinajstić information content (AvgIpc) is 3.02. The number of likely N-dealkylation sites (tertiary alicyclic amines) is 1. The maximum Gasteiger partial charge on any atom is 0.266 e. The fourth-order valence-electron chi connectivity index (χ4n) is 2.31. The zero-order valence-electron chi connectivity index (χ0n) is 11.6.